The molecule has 0 amide bonds. The Bertz CT molecular complexity index is 1710. The summed E-state index contributed by atoms with van der Waals surface area (Å²) in [6.07, 6.45) is 0. The molecule has 0 bridgehead atoms. The topological polar surface area (TPSA) is 113 Å². The van der Waals surface area contributed by atoms with E-state index in [1.807, 2.05) is 38.1 Å². The lowest BCUT2D eigenvalue weighted by molar-refractivity contribution is 0.303. The fourth-order valence-corrected chi connectivity index (χ4v) is 5.59. The highest BCUT2D eigenvalue weighted by Crippen LogP contribution is 2.25. The van der Waals surface area contributed by atoms with Crippen molar-refractivity contribution in [2.45, 2.75) is 36.9 Å². The normalized spacial score (nSPS) is 12.3. The molecule has 3 aromatic carbocycles. The van der Waals surface area contributed by atoms with Crippen LogP contribution >= 0.6 is 0 Å². The molecule has 0 aliphatic carbocycles. The predicted octanol–water partition coefficient (Wildman–Crippen LogP) is 5.21. The maximum absolute atomic E-state index is 12.6. The van der Waals surface area contributed by atoms with Gasteiger partial charge in [-0.2, -0.15) is 16.8 Å². The van der Waals surface area contributed by atoms with Gasteiger partial charge in [-0.05, 0) is 50.2 Å². The van der Waals surface area contributed by atoms with E-state index in [0.717, 1.165) is 21.9 Å². The molecule has 0 aliphatic rings. The first-order chi connectivity index (χ1) is 18.1. The van der Waals surface area contributed by atoms with E-state index in [2.05, 4.69) is 9.97 Å². The quantitative estimate of drug-likeness (QED) is 0.192. The molecular formula is C28H24N2O6S2. The van der Waals surface area contributed by atoms with Gasteiger partial charge >= 0.3 is 0 Å². The third-order valence-electron chi connectivity index (χ3n) is 5.98. The van der Waals surface area contributed by atoms with Gasteiger partial charge in [0, 0.05) is 10.8 Å². The zero-order chi connectivity index (χ0) is 26.9. The van der Waals surface area contributed by atoms with Gasteiger partial charge in [-0.25, -0.2) is 9.97 Å². The lowest BCUT2D eigenvalue weighted by Crippen LogP contribution is -2.08. The number of aryl methyl sites for hydroxylation is 2. The van der Waals surface area contributed by atoms with E-state index in [0.29, 0.717) is 22.4 Å². The second-order valence-corrected chi connectivity index (χ2v) is 12.1. The summed E-state index contributed by atoms with van der Waals surface area (Å²) < 4.78 is 60.8. The number of aromatic nitrogens is 2. The molecule has 8 nitrogen and oxygen atoms in total. The zero-order valence-electron chi connectivity index (χ0n) is 20.7. The van der Waals surface area contributed by atoms with Crippen LogP contribution in [0.5, 0.6) is 0 Å². The Balaban J connectivity index is 1.40. The van der Waals surface area contributed by atoms with Crippen LogP contribution in [0.4, 0.5) is 0 Å². The highest BCUT2D eigenvalue weighted by Gasteiger charge is 2.17. The SMILES string of the molecule is Cc1ccc(S(=O)(=O)OCc2ccc3ccc4ccc(COS(=O)(=O)c5ccc(C)cc5)nc4c3n2)cc1. The molecule has 0 atom stereocenters. The number of fused-ring (bicyclic) bond motifs is 3. The maximum Gasteiger partial charge on any atom is 0.297 e. The van der Waals surface area contributed by atoms with Crippen LogP contribution in [-0.4, -0.2) is 26.8 Å². The molecule has 0 unspecified atom stereocenters. The fourth-order valence-electron chi connectivity index (χ4n) is 3.83. The maximum atomic E-state index is 12.6. The molecule has 0 N–H and O–H groups in total. The van der Waals surface area contributed by atoms with Crippen molar-refractivity contribution in [1.82, 2.24) is 9.97 Å². The number of hydrogen-bond donors (Lipinski definition) is 0. The van der Waals surface area contributed by atoms with Crippen molar-refractivity contribution in [2.75, 3.05) is 0 Å². The Kier molecular flexibility index (Phi) is 6.97. The Morgan fingerprint density at radius 2 is 0.868 bits per heavy atom. The van der Waals surface area contributed by atoms with E-state index in [1.165, 1.54) is 24.3 Å². The minimum absolute atomic E-state index is 0.0706. The molecule has 2 heterocycles. The van der Waals surface area contributed by atoms with Gasteiger partial charge in [0.1, 0.15) is 13.2 Å². The third-order valence-corrected chi connectivity index (χ3v) is 8.53. The first kappa shape index (κ1) is 25.9. The van der Waals surface area contributed by atoms with Crippen LogP contribution in [0.3, 0.4) is 0 Å². The highest BCUT2D eigenvalue weighted by atomic mass is 32.2. The molecule has 10 heteroatoms. The summed E-state index contributed by atoms with van der Waals surface area (Å²) in [5.74, 6) is 0. The summed E-state index contributed by atoms with van der Waals surface area (Å²) in [6, 6.07) is 23.6. The van der Waals surface area contributed by atoms with Crippen molar-refractivity contribution in [3.63, 3.8) is 0 Å². The molecule has 38 heavy (non-hydrogen) atoms. The molecule has 0 fully saturated rings. The standard InChI is InChI=1S/C28H24N2O6S2/c1-19-3-13-25(14-4-19)37(31,32)35-17-23-11-9-21-7-8-22-10-12-24(30-28(22)27(21)29-23)18-36-38(33,34)26-15-5-20(2)6-16-26/h3-16H,17-18H2,1-2H3. The fraction of sp³-hybridized carbons (Fsp3) is 0.143. The van der Waals surface area contributed by atoms with Gasteiger partial charge in [0.05, 0.1) is 32.2 Å². The van der Waals surface area contributed by atoms with E-state index in [1.54, 1.807) is 36.4 Å². The zero-order valence-corrected chi connectivity index (χ0v) is 22.3. The molecule has 5 rings (SSSR count). The Morgan fingerprint density at radius 1 is 0.526 bits per heavy atom. The molecule has 2 aromatic heterocycles. The molecule has 0 saturated carbocycles. The molecule has 5 aromatic rings. The summed E-state index contributed by atoms with van der Waals surface area (Å²) in [5, 5.41) is 1.58. The van der Waals surface area contributed by atoms with Crippen molar-refractivity contribution in [2.24, 2.45) is 0 Å². The lowest BCUT2D eigenvalue weighted by atomic mass is 10.1. The minimum Gasteiger partial charge on any atom is -0.260 e. The van der Waals surface area contributed by atoms with Crippen molar-refractivity contribution in [1.29, 1.82) is 0 Å². The Labute approximate surface area is 221 Å². The molecule has 0 spiro atoms. The number of nitrogens with zero attached hydrogens (tertiary/aromatic N) is 2. The number of benzene rings is 3. The molecule has 0 aliphatic heterocycles. The van der Waals surface area contributed by atoms with E-state index < -0.39 is 20.2 Å². The van der Waals surface area contributed by atoms with Crippen LogP contribution in [0, 0.1) is 13.8 Å². The third kappa shape index (κ3) is 5.58. The summed E-state index contributed by atoms with van der Waals surface area (Å²) in [7, 11) is -7.91. The van der Waals surface area contributed by atoms with Crippen LogP contribution < -0.4 is 0 Å². The average molecular weight is 549 g/mol. The Hall–Kier alpha value is -3.70. The summed E-state index contributed by atoms with van der Waals surface area (Å²) in [6.45, 7) is 3.24. The molecule has 194 valence electrons. The van der Waals surface area contributed by atoms with E-state index in [-0.39, 0.29) is 23.0 Å². The summed E-state index contributed by atoms with van der Waals surface area (Å²) in [4.78, 5) is 9.36. The van der Waals surface area contributed by atoms with E-state index >= 15 is 0 Å². The van der Waals surface area contributed by atoms with Crippen LogP contribution in [0.2, 0.25) is 0 Å². The number of rotatable bonds is 8. The number of pyridine rings is 2. The highest BCUT2D eigenvalue weighted by molar-refractivity contribution is 7.87. The van der Waals surface area contributed by atoms with E-state index in [4.69, 9.17) is 8.37 Å². The van der Waals surface area contributed by atoms with Crippen molar-refractivity contribution in [3.8, 4) is 0 Å². The van der Waals surface area contributed by atoms with Gasteiger partial charge < -0.3 is 0 Å². The van der Waals surface area contributed by atoms with Gasteiger partial charge in [0.2, 0.25) is 0 Å². The monoisotopic (exact) mass is 548 g/mol. The first-order valence-corrected chi connectivity index (χ1v) is 14.5. The van der Waals surface area contributed by atoms with Gasteiger partial charge in [-0.15, -0.1) is 0 Å². The molecule has 0 saturated heterocycles. The van der Waals surface area contributed by atoms with Gasteiger partial charge in [-0.1, -0.05) is 59.7 Å². The van der Waals surface area contributed by atoms with Crippen molar-refractivity contribution in [3.05, 3.63) is 107 Å². The largest absolute Gasteiger partial charge is 0.297 e. The lowest BCUT2D eigenvalue weighted by Gasteiger charge is -2.09. The smallest absolute Gasteiger partial charge is 0.260 e. The van der Waals surface area contributed by atoms with Gasteiger partial charge in [0.25, 0.3) is 20.2 Å². The summed E-state index contributed by atoms with van der Waals surface area (Å²) in [5.41, 5.74) is 3.78. The second kappa shape index (κ2) is 10.2. The van der Waals surface area contributed by atoms with Gasteiger partial charge in [-0.3, -0.25) is 8.37 Å². The number of hydrogen-bond acceptors (Lipinski definition) is 8. The molecule has 0 radical (unpaired) electrons. The second-order valence-electron chi connectivity index (χ2n) is 8.87. The first-order valence-electron chi connectivity index (χ1n) is 11.7. The van der Waals surface area contributed by atoms with Crippen LogP contribution in [-0.2, 0) is 41.8 Å². The van der Waals surface area contributed by atoms with Gasteiger partial charge in [0.15, 0.2) is 0 Å². The van der Waals surface area contributed by atoms with Crippen molar-refractivity contribution < 1.29 is 25.2 Å². The minimum atomic E-state index is -3.95. The van der Waals surface area contributed by atoms with Crippen LogP contribution in [0.1, 0.15) is 22.5 Å². The van der Waals surface area contributed by atoms with Crippen LogP contribution in [0.15, 0.2) is 94.7 Å². The van der Waals surface area contributed by atoms with Crippen LogP contribution in [0.25, 0.3) is 21.8 Å². The molecular weight excluding hydrogens is 524 g/mol. The van der Waals surface area contributed by atoms with E-state index in [9.17, 15) is 16.8 Å². The summed E-state index contributed by atoms with van der Waals surface area (Å²) >= 11 is 0. The average Bonchev–Trinajstić information content (AvgIpc) is 2.91. The Morgan fingerprint density at radius 3 is 1.24 bits per heavy atom. The predicted molar refractivity (Wildman–Crippen MR) is 143 cm³/mol. The van der Waals surface area contributed by atoms with Crippen molar-refractivity contribution >= 4 is 42.0 Å².